The number of nitrogens with zero attached hydrogens (tertiary/aromatic N) is 5. The second-order valence-electron chi connectivity index (χ2n) is 7.67. The van der Waals surface area contributed by atoms with Crippen LogP contribution in [0.3, 0.4) is 0 Å². The number of ether oxygens (including phenoxy) is 1. The first-order chi connectivity index (χ1) is 14.2. The summed E-state index contributed by atoms with van der Waals surface area (Å²) >= 11 is 0. The van der Waals surface area contributed by atoms with Crippen molar-refractivity contribution in [3.05, 3.63) is 47.7 Å². The molecule has 7 heteroatoms. The number of morpholine rings is 1. The van der Waals surface area contributed by atoms with Gasteiger partial charge in [0.2, 0.25) is 11.9 Å². The summed E-state index contributed by atoms with van der Waals surface area (Å²) in [6.07, 6.45) is 3.19. The summed E-state index contributed by atoms with van der Waals surface area (Å²) in [5, 5.41) is 0. The van der Waals surface area contributed by atoms with Crippen LogP contribution < -0.4 is 9.80 Å². The van der Waals surface area contributed by atoms with Crippen LogP contribution in [0, 0.1) is 6.92 Å². The highest BCUT2D eigenvalue weighted by Crippen LogP contribution is 2.18. The summed E-state index contributed by atoms with van der Waals surface area (Å²) in [6.45, 7) is 8.26. The third-order valence-electron chi connectivity index (χ3n) is 5.59. The van der Waals surface area contributed by atoms with Gasteiger partial charge in [-0.2, -0.15) is 4.98 Å². The number of hydrogen-bond donors (Lipinski definition) is 0. The SMILES string of the molecule is Cc1cccc(CCC(=O)N2CCN(c3ccnc(N4CCOCC4)n3)CC2)c1. The molecule has 154 valence electrons. The molecule has 0 unspecified atom stereocenters. The lowest BCUT2D eigenvalue weighted by atomic mass is 10.1. The largest absolute Gasteiger partial charge is 0.378 e. The third kappa shape index (κ3) is 5.03. The van der Waals surface area contributed by atoms with Crippen LogP contribution in [-0.4, -0.2) is 73.3 Å². The monoisotopic (exact) mass is 395 g/mol. The molecule has 2 aliphatic heterocycles. The fourth-order valence-corrected chi connectivity index (χ4v) is 3.89. The van der Waals surface area contributed by atoms with Crippen molar-refractivity contribution in [2.45, 2.75) is 19.8 Å². The molecule has 3 heterocycles. The molecular weight excluding hydrogens is 366 g/mol. The van der Waals surface area contributed by atoms with Crippen molar-refractivity contribution in [3.8, 4) is 0 Å². The van der Waals surface area contributed by atoms with Crippen molar-refractivity contribution in [2.75, 3.05) is 62.3 Å². The van der Waals surface area contributed by atoms with Gasteiger partial charge in [0.15, 0.2) is 0 Å². The van der Waals surface area contributed by atoms with E-state index in [1.807, 2.05) is 17.2 Å². The quantitative estimate of drug-likeness (QED) is 0.771. The predicted molar refractivity (Wildman–Crippen MR) is 113 cm³/mol. The lowest BCUT2D eigenvalue weighted by Crippen LogP contribution is -2.49. The molecular formula is C22H29N5O2. The van der Waals surface area contributed by atoms with Crippen molar-refractivity contribution in [1.29, 1.82) is 0 Å². The van der Waals surface area contributed by atoms with Crippen LogP contribution >= 0.6 is 0 Å². The van der Waals surface area contributed by atoms with E-state index in [2.05, 4.69) is 46.0 Å². The highest BCUT2D eigenvalue weighted by atomic mass is 16.5. The molecule has 0 spiro atoms. The minimum Gasteiger partial charge on any atom is -0.378 e. The van der Waals surface area contributed by atoms with Crippen LogP contribution in [0.25, 0.3) is 0 Å². The van der Waals surface area contributed by atoms with Gasteiger partial charge in [-0.25, -0.2) is 4.98 Å². The van der Waals surface area contributed by atoms with Crippen molar-refractivity contribution < 1.29 is 9.53 Å². The normalized spacial score (nSPS) is 17.5. The van der Waals surface area contributed by atoms with Gasteiger partial charge in [0.1, 0.15) is 5.82 Å². The van der Waals surface area contributed by atoms with E-state index in [-0.39, 0.29) is 5.91 Å². The van der Waals surface area contributed by atoms with Crippen molar-refractivity contribution in [1.82, 2.24) is 14.9 Å². The molecule has 0 aliphatic carbocycles. The maximum atomic E-state index is 12.6. The first-order valence-electron chi connectivity index (χ1n) is 10.4. The highest BCUT2D eigenvalue weighted by molar-refractivity contribution is 5.76. The molecule has 4 rings (SSSR count). The Morgan fingerprint density at radius 2 is 1.83 bits per heavy atom. The molecule has 0 N–H and O–H groups in total. The van der Waals surface area contributed by atoms with Gasteiger partial charge in [0.25, 0.3) is 0 Å². The lowest BCUT2D eigenvalue weighted by Gasteiger charge is -2.36. The molecule has 0 atom stereocenters. The minimum absolute atomic E-state index is 0.239. The molecule has 0 saturated carbocycles. The van der Waals surface area contributed by atoms with Gasteiger partial charge in [-0.1, -0.05) is 29.8 Å². The number of amides is 1. The Morgan fingerprint density at radius 1 is 1.03 bits per heavy atom. The van der Waals surface area contributed by atoms with E-state index in [9.17, 15) is 4.79 Å². The van der Waals surface area contributed by atoms with E-state index in [1.165, 1.54) is 11.1 Å². The Morgan fingerprint density at radius 3 is 2.59 bits per heavy atom. The van der Waals surface area contributed by atoms with E-state index in [1.54, 1.807) is 0 Å². The maximum absolute atomic E-state index is 12.6. The fraction of sp³-hybridized carbons (Fsp3) is 0.500. The molecule has 2 aliphatic rings. The smallest absolute Gasteiger partial charge is 0.227 e. The fourth-order valence-electron chi connectivity index (χ4n) is 3.89. The molecule has 1 aromatic carbocycles. The van der Waals surface area contributed by atoms with Crippen LogP contribution in [0.2, 0.25) is 0 Å². The topological polar surface area (TPSA) is 61.8 Å². The summed E-state index contributed by atoms with van der Waals surface area (Å²) in [5.41, 5.74) is 2.47. The van der Waals surface area contributed by atoms with Crippen LogP contribution in [-0.2, 0) is 16.0 Å². The maximum Gasteiger partial charge on any atom is 0.227 e. The van der Waals surface area contributed by atoms with Crippen LogP contribution in [0.4, 0.5) is 11.8 Å². The van der Waals surface area contributed by atoms with Gasteiger partial charge in [-0.05, 0) is 25.0 Å². The number of aromatic nitrogens is 2. The number of anilines is 2. The molecule has 7 nitrogen and oxygen atoms in total. The van der Waals surface area contributed by atoms with Gasteiger partial charge in [0.05, 0.1) is 13.2 Å². The summed E-state index contributed by atoms with van der Waals surface area (Å²) in [6, 6.07) is 10.4. The Bertz CT molecular complexity index is 829. The van der Waals surface area contributed by atoms with E-state index < -0.39 is 0 Å². The Kier molecular flexibility index (Phi) is 6.24. The number of aryl methyl sites for hydroxylation is 2. The van der Waals surface area contributed by atoms with Crippen molar-refractivity contribution in [2.24, 2.45) is 0 Å². The average Bonchev–Trinajstić information content (AvgIpc) is 2.78. The van der Waals surface area contributed by atoms with Gasteiger partial charge < -0.3 is 19.4 Å². The van der Waals surface area contributed by atoms with Crippen LogP contribution in [0.1, 0.15) is 17.5 Å². The molecule has 2 aromatic rings. The predicted octanol–water partition coefficient (Wildman–Crippen LogP) is 1.90. The summed E-state index contributed by atoms with van der Waals surface area (Å²) in [4.78, 5) is 28.2. The third-order valence-corrected chi connectivity index (χ3v) is 5.59. The first kappa shape index (κ1) is 19.6. The number of benzene rings is 1. The molecule has 1 aromatic heterocycles. The van der Waals surface area contributed by atoms with Gasteiger partial charge in [-0.3, -0.25) is 4.79 Å². The minimum atomic E-state index is 0.239. The van der Waals surface area contributed by atoms with E-state index in [0.29, 0.717) is 6.42 Å². The second kappa shape index (κ2) is 9.22. The molecule has 2 saturated heterocycles. The summed E-state index contributed by atoms with van der Waals surface area (Å²) in [7, 11) is 0. The van der Waals surface area contributed by atoms with Gasteiger partial charge in [0, 0.05) is 51.9 Å². The Balaban J connectivity index is 1.29. The lowest BCUT2D eigenvalue weighted by molar-refractivity contribution is -0.131. The second-order valence-corrected chi connectivity index (χ2v) is 7.67. The molecule has 29 heavy (non-hydrogen) atoms. The van der Waals surface area contributed by atoms with E-state index in [4.69, 9.17) is 9.72 Å². The van der Waals surface area contributed by atoms with Crippen molar-refractivity contribution in [3.63, 3.8) is 0 Å². The number of piperazine rings is 1. The van der Waals surface area contributed by atoms with E-state index >= 15 is 0 Å². The van der Waals surface area contributed by atoms with Crippen molar-refractivity contribution >= 4 is 17.7 Å². The molecule has 0 bridgehead atoms. The molecule has 1 amide bonds. The summed E-state index contributed by atoms with van der Waals surface area (Å²) < 4.78 is 5.41. The van der Waals surface area contributed by atoms with Crippen LogP contribution in [0.5, 0.6) is 0 Å². The standard InChI is InChI=1S/C22H29N5O2/c1-18-3-2-4-19(17-18)5-6-21(28)26-11-9-25(10-12-26)20-7-8-23-22(24-20)27-13-15-29-16-14-27/h2-4,7-8,17H,5-6,9-16H2,1H3. The molecule has 0 radical (unpaired) electrons. The number of rotatable bonds is 5. The van der Waals surface area contributed by atoms with E-state index in [0.717, 1.165) is 70.7 Å². The summed E-state index contributed by atoms with van der Waals surface area (Å²) in [5.74, 6) is 1.94. The molecule has 2 fully saturated rings. The van der Waals surface area contributed by atoms with Crippen LogP contribution in [0.15, 0.2) is 36.5 Å². The number of carbonyl (C=O) groups excluding carboxylic acids is 1. The number of hydrogen-bond acceptors (Lipinski definition) is 6. The average molecular weight is 396 g/mol. The Hall–Kier alpha value is -2.67. The highest BCUT2D eigenvalue weighted by Gasteiger charge is 2.23. The van der Waals surface area contributed by atoms with Gasteiger partial charge in [-0.15, -0.1) is 0 Å². The number of carbonyl (C=O) groups is 1. The zero-order valence-corrected chi connectivity index (χ0v) is 17.1. The zero-order chi connectivity index (χ0) is 20.1. The van der Waals surface area contributed by atoms with Gasteiger partial charge >= 0.3 is 0 Å². The zero-order valence-electron chi connectivity index (χ0n) is 17.1. The Labute approximate surface area is 172 Å². The first-order valence-corrected chi connectivity index (χ1v) is 10.4.